The van der Waals surface area contributed by atoms with Gasteiger partial charge in [-0.2, -0.15) is 0 Å². The first-order valence-electron chi connectivity index (χ1n) is 10.7. The first-order valence-corrected chi connectivity index (χ1v) is 17.6. The molecule has 0 nitrogen and oxygen atoms in total. The van der Waals surface area contributed by atoms with E-state index in [-0.39, 0.29) is 36.5 Å². The van der Waals surface area contributed by atoms with E-state index in [1.54, 1.807) is 37.1 Å². The average molecular weight is 558 g/mol. The van der Waals surface area contributed by atoms with Crippen LogP contribution in [0.4, 0.5) is 8.78 Å². The van der Waals surface area contributed by atoms with Crippen LogP contribution in [0.3, 0.4) is 0 Å². The molecule has 0 saturated heterocycles. The van der Waals surface area contributed by atoms with Crippen molar-refractivity contribution in [3.05, 3.63) is 83.5 Å². The molecule has 2 aromatic rings. The SMILES string of the molecule is FC1=CCC=C1.Fc1ccc2c(c1)-c1ccccc1C2.[Cl-].[Cl-].[Zr+2][SiH2]CC1CCCCC1. The van der Waals surface area contributed by atoms with Gasteiger partial charge < -0.3 is 24.8 Å². The Kier molecular flexibility index (Phi) is 14.1. The van der Waals surface area contributed by atoms with Gasteiger partial charge in [-0.05, 0) is 59.4 Å². The van der Waals surface area contributed by atoms with Crippen molar-refractivity contribution in [2.24, 2.45) is 5.92 Å². The third kappa shape index (κ3) is 9.08. The fourth-order valence-electron chi connectivity index (χ4n) is 4.21. The second-order valence-corrected chi connectivity index (χ2v) is 12.7. The zero-order chi connectivity index (χ0) is 20.5. The Morgan fingerprint density at radius 3 is 2.23 bits per heavy atom. The van der Waals surface area contributed by atoms with Crippen LogP contribution in [0.15, 0.2) is 66.5 Å². The summed E-state index contributed by atoms with van der Waals surface area (Å²) < 4.78 is 24.8. The molecule has 0 aliphatic heterocycles. The molecule has 3 aliphatic carbocycles. The number of hydrogen-bond acceptors (Lipinski definition) is 0. The average Bonchev–Trinajstić information content (AvgIpc) is 3.36. The molecule has 0 aromatic heterocycles. The minimum absolute atomic E-state index is 0. The Bertz CT molecular complexity index is 859. The van der Waals surface area contributed by atoms with Gasteiger partial charge >= 0.3 is 74.6 Å². The summed E-state index contributed by atoms with van der Waals surface area (Å²) in [5, 5.41) is 0. The third-order valence-corrected chi connectivity index (χ3v) is 9.00. The van der Waals surface area contributed by atoms with Gasteiger partial charge in [0.15, 0.2) is 0 Å². The molecule has 0 unspecified atom stereocenters. The van der Waals surface area contributed by atoms with Gasteiger partial charge in [0.25, 0.3) is 0 Å². The van der Waals surface area contributed by atoms with Crippen LogP contribution in [0.1, 0.15) is 49.7 Å². The van der Waals surface area contributed by atoms with E-state index in [0.29, 0.717) is 6.65 Å². The summed E-state index contributed by atoms with van der Waals surface area (Å²) >= 11 is 1.87. The van der Waals surface area contributed by atoms with Crippen LogP contribution in [0, 0.1) is 11.7 Å². The molecule has 0 N–H and O–H groups in total. The van der Waals surface area contributed by atoms with Crippen LogP contribution in [0.2, 0.25) is 6.04 Å². The molecule has 0 spiro atoms. The molecule has 3 aliphatic rings. The van der Waals surface area contributed by atoms with Crippen molar-refractivity contribution < 1.29 is 57.5 Å². The molecule has 0 radical (unpaired) electrons. The van der Waals surface area contributed by atoms with Crippen LogP contribution < -0.4 is 24.8 Å². The molecule has 1 saturated carbocycles. The molecule has 6 heteroatoms. The molecule has 0 amide bonds. The normalized spacial score (nSPS) is 16.1. The van der Waals surface area contributed by atoms with Crippen molar-refractivity contribution in [2.45, 2.75) is 51.0 Å². The minimum atomic E-state index is -0.152. The number of fused-ring (bicyclic) bond motifs is 3. The fraction of sp³-hybridized carbons (Fsp3) is 0.360. The molecule has 165 valence electrons. The van der Waals surface area contributed by atoms with E-state index < -0.39 is 0 Å². The zero-order valence-corrected chi connectivity index (χ0v) is 23.1. The van der Waals surface area contributed by atoms with Gasteiger partial charge in [0, 0.05) is 0 Å². The summed E-state index contributed by atoms with van der Waals surface area (Å²) in [6.45, 7) is 0.459. The van der Waals surface area contributed by atoms with E-state index in [4.69, 9.17) is 0 Å². The number of rotatable bonds is 2. The zero-order valence-electron chi connectivity index (χ0n) is 17.7. The molecule has 2 aromatic carbocycles. The van der Waals surface area contributed by atoms with Gasteiger partial charge in [-0.1, -0.05) is 36.4 Å². The molecule has 31 heavy (non-hydrogen) atoms. The number of halogens is 4. The third-order valence-electron chi connectivity index (χ3n) is 5.76. The number of allylic oxidation sites excluding steroid dienone is 4. The van der Waals surface area contributed by atoms with Crippen LogP contribution in [-0.2, 0) is 30.3 Å². The number of hydrogen-bond donors (Lipinski definition) is 0. The Labute approximate surface area is 214 Å². The van der Waals surface area contributed by atoms with Gasteiger partial charge in [0.1, 0.15) is 11.6 Å². The van der Waals surface area contributed by atoms with Crippen LogP contribution in [0.5, 0.6) is 0 Å². The molecular weight excluding hydrogens is 528 g/mol. The summed E-state index contributed by atoms with van der Waals surface area (Å²) in [5.41, 5.74) is 4.77. The quantitative estimate of drug-likeness (QED) is 0.410. The topological polar surface area (TPSA) is 0 Å². The Morgan fingerprint density at radius 1 is 0.903 bits per heavy atom. The summed E-state index contributed by atoms with van der Waals surface area (Å²) in [6, 6.07) is 14.9. The van der Waals surface area contributed by atoms with Gasteiger partial charge in [0.2, 0.25) is 0 Å². The van der Waals surface area contributed by atoms with Crippen LogP contribution in [0.25, 0.3) is 11.1 Å². The van der Waals surface area contributed by atoms with E-state index in [1.165, 1.54) is 54.0 Å². The van der Waals surface area contributed by atoms with Crippen molar-refractivity contribution in [3.8, 4) is 11.1 Å². The second kappa shape index (κ2) is 15.3. The molecule has 0 atom stereocenters. The Hall–Kier alpha value is -0.540. The van der Waals surface area contributed by atoms with Crippen molar-refractivity contribution in [1.29, 1.82) is 0 Å². The summed E-state index contributed by atoms with van der Waals surface area (Å²) in [7, 11) is 0. The van der Waals surface area contributed by atoms with Gasteiger partial charge in [-0.15, -0.1) is 0 Å². The summed E-state index contributed by atoms with van der Waals surface area (Å²) in [4.78, 5) is 0. The van der Waals surface area contributed by atoms with Crippen LogP contribution >= 0.6 is 0 Å². The van der Waals surface area contributed by atoms with Crippen molar-refractivity contribution in [2.75, 3.05) is 0 Å². The summed E-state index contributed by atoms with van der Waals surface area (Å²) in [5.74, 6) is 0.931. The molecule has 1 fully saturated rings. The summed E-state index contributed by atoms with van der Waals surface area (Å²) in [6.07, 6.45) is 14.2. The van der Waals surface area contributed by atoms with E-state index in [2.05, 4.69) is 12.1 Å². The van der Waals surface area contributed by atoms with Crippen molar-refractivity contribution in [3.63, 3.8) is 0 Å². The van der Waals surface area contributed by atoms with E-state index in [9.17, 15) is 8.78 Å². The molecule has 0 bridgehead atoms. The van der Waals surface area contributed by atoms with Gasteiger partial charge in [0.05, 0.1) is 0 Å². The van der Waals surface area contributed by atoms with Gasteiger partial charge in [-0.3, -0.25) is 0 Å². The predicted molar refractivity (Wildman–Crippen MR) is 118 cm³/mol. The van der Waals surface area contributed by atoms with Gasteiger partial charge in [-0.25, -0.2) is 8.78 Å². The van der Waals surface area contributed by atoms with Crippen LogP contribution in [-0.4, -0.2) is 6.65 Å². The maximum atomic E-state index is 13.1. The number of benzene rings is 2. The van der Waals surface area contributed by atoms with Crippen molar-refractivity contribution >= 4 is 6.65 Å². The molecule has 0 heterocycles. The fourth-order valence-corrected chi connectivity index (χ4v) is 8.20. The Morgan fingerprint density at radius 2 is 1.61 bits per heavy atom. The van der Waals surface area contributed by atoms with E-state index in [0.717, 1.165) is 18.4 Å². The van der Waals surface area contributed by atoms with E-state index in [1.807, 2.05) is 42.1 Å². The molecule has 5 rings (SSSR count). The maximum absolute atomic E-state index is 13.1. The Balaban J connectivity index is 0.000000246. The van der Waals surface area contributed by atoms with Crippen molar-refractivity contribution in [1.82, 2.24) is 0 Å². The first kappa shape index (κ1) is 28.5. The monoisotopic (exact) mass is 555 g/mol. The standard InChI is InChI=1S/C13H9F.C7H15Si.C5H5F.2ClH.Zr/c14-11-6-5-10-7-9-3-1-2-4-12(9)13(10)8-11;8-6-7-4-2-1-3-5-7;6-5-3-1-2-4-5;;;/h1-6,8H,7H2;7H,1-6,8H2;1,3-4H,2H2;2*1H;/q;;;;;+2/p-2. The first-order chi connectivity index (χ1) is 14.2. The predicted octanol–water partition coefficient (Wildman–Crippen LogP) is 0.820. The second-order valence-electron chi connectivity index (χ2n) is 7.91. The van der Waals surface area contributed by atoms with E-state index >= 15 is 0 Å². The molecular formula is C25H29Cl2F2SiZr.